The molecule has 3 amide bonds. The zero-order valence-corrected chi connectivity index (χ0v) is 15.3. The number of furan rings is 1. The van der Waals surface area contributed by atoms with Crippen LogP contribution in [-0.4, -0.2) is 36.0 Å². The third-order valence-electron chi connectivity index (χ3n) is 4.37. The van der Waals surface area contributed by atoms with Crippen molar-refractivity contribution in [2.75, 3.05) is 13.1 Å². The molecule has 24 heavy (non-hydrogen) atoms. The highest BCUT2D eigenvalue weighted by Crippen LogP contribution is 2.33. The van der Waals surface area contributed by atoms with E-state index < -0.39 is 0 Å². The van der Waals surface area contributed by atoms with Crippen LogP contribution in [0.15, 0.2) is 16.5 Å². The minimum absolute atomic E-state index is 0.000504. The summed E-state index contributed by atoms with van der Waals surface area (Å²) in [7, 11) is 0. The molecule has 1 aromatic rings. The van der Waals surface area contributed by atoms with Gasteiger partial charge in [-0.15, -0.1) is 0 Å². The molecule has 2 heterocycles. The SMILES string of the molecule is CCC(=O)N1CC[C@@H](NC(=O)N[C@@H](c2ccc(C)o2)C(C)(C)C)C1. The monoisotopic (exact) mass is 335 g/mol. The second-order valence-corrected chi connectivity index (χ2v) is 7.54. The average molecular weight is 335 g/mol. The molecule has 1 fully saturated rings. The maximum absolute atomic E-state index is 12.4. The summed E-state index contributed by atoms with van der Waals surface area (Å²) in [4.78, 5) is 25.9. The zero-order chi connectivity index (χ0) is 17.9. The van der Waals surface area contributed by atoms with Gasteiger partial charge in [-0.25, -0.2) is 4.79 Å². The molecule has 2 N–H and O–H groups in total. The number of amides is 3. The molecule has 1 aliphatic heterocycles. The first-order valence-corrected chi connectivity index (χ1v) is 8.62. The van der Waals surface area contributed by atoms with Crippen molar-refractivity contribution in [3.63, 3.8) is 0 Å². The van der Waals surface area contributed by atoms with Gasteiger partial charge in [0.25, 0.3) is 0 Å². The summed E-state index contributed by atoms with van der Waals surface area (Å²) in [6.45, 7) is 11.2. The van der Waals surface area contributed by atoms with Crippen molar-refractivity contribution in [1.82, 2.24) is 15.5 Å². The minimum atomic E-state index is -0.222. The fraction of sp³-hybridized carbons (Fsp3) is 0.667. The van der Waals surface area contributed by atoms with Crippen molar-refractivity contribution in [1.29, 1.82) is 0 Å². The lowest BCUT2D eigenvalue weighted by Gasteiger charge is -2.30. The van der Waals surface area contributed by atoms with Crippen molar-refractivity contribution in [3.05, 3.63) is 23.7 Å². The van der Waals surface area contributed by atoms with Gasteiger partial charge in [0, 0.05) is 25.6 Å². The Balaban J connectivity index is 1.95. The fourth-order valence-corrected chi connectivity index (χ4v) is 3.01. The van der Waals surface area contributed by atoms with Gasteiger partial charge in [0.05, 0.1) is 6.04 Å². The summed E-state index contributed by atoms with van der Waals surface area (Å²) >= 11 is 0. The van der Waals surface area contributed by atoms with Crippen molar-refractivity contribution >= 4 is 11.9 Å². The molecule has 0 aliphatic carbocycles. The standard InChI is InChI=1S/C18H29N3O3/c1-6-15(22)21-10-9-13(11-21)19-17(23)20-16(18(3,4)5)14-8-7-12(2)24-14/h7-8,13,16H,6,9-11H2,1-5H3,(H2,19,20,23)/t13-,16+/m1/s1. The topological polar surface area (TPSA) is 74.6 Å². The van der Waals surface area contributed by atoms with E-state index in [4.69, 9.17) is 4.42 Å². The van der Waals surface area contributed by atoms with E-state index in [1.807, 2.05) is 30.9 Å². The lowest BCUT2D eigenvalue weighted by atomic mass is 9.85. The van der Waals surface area contributed by atoms with Crippen LogP contribution < -0.4 is 10.6 Å². The fourth-order valence-electron chi connectivity index (χ4n) is 3.01. The average Bonchev–Trinajstić information content (AvgIpc) is 3.12. The first-order chi connectivity index (χ1) is 11.2. The van der Waals surface area contributed by atoms with Gasteiger partial charge < -0.3 is 20.0 Å². The highest BCUT2D eigenvalue weighted by molar-refractivity contribution is 5.77. The van der Waals surface area contributed by atoms with Gasteiger partial charge in [-0.2, -0.15) is 0 Å². The molecule has 1 aromatic heterocycles. The number of nitrogens with zero attached hydrogens (tertiary/aromatic N) is 1. The van der Waals surface area contributed by atoms with Crippen molar-refractivity contribution in [2.45, 2.75) is 59.5 Å². The first-order valence-electron chi connectivity index (χ1n) is 8.62. The predicted octanol–water partition coefficient (Wildman–Crippen LogP) is 2.99. The lowest BCUT2D eigenvalue weighted by molar-refractivity contribution is -0.129. The lowest BCUT2D eigenvalue weighted by Crippen LogP contribution is -2.47. The Hall–Kier alpha value is -1.98. The Morgan fingerprint density at radius 3 is 2.62 bits per heavy atom. The quantitative estimate of drug-likeness (QED) is 0.888. The number of rotatable bonds is 4. The van der Waals surface area contributed by atoms with E-state index in [1.165, 1.54) is 0 Å². The molecule has 0 unspecified atom stereocenters. The Bertz CT molecular complexity index is 589. The molecule has 0 aromatic carbocycles. The molecule has 1 saturated heterocycles. The van der Waals surface area contributed by atoms with Gasteiger partial charge in [0.2, 0.25) is 5.91 Å². The summed E-state index contributed by atoms with van der Waals surface area (Å²) in [5.74, 6) is 1.72. The van der Waals surface area contributed by atoms with Gasteiger partial charge in [-0.05, 0) is 30.9 Å². The number of aryl methyl sites for hydroxylation is 1. The van der Waals surface area contributed by atoms with E-state index >= 15 is 0 Å². The third-order valence-corrected chi connectivity index (χ3v) is 4.37. The van der Waals surface area contributed by atoms with E-state index in [0.29, 0.717) is 19.5 Å². The molecule has 0 radical (unpaired) electrons. The molecule has 1 aliphatic rings. The molecule has 0 spiro atoms. The van der Waals surface area contributed by atoms with Crippen LogP contribution in [0.1, 0.15) is 58.1 Å². The van der Waals surface area contributed by atoms with Gasteiger partial charge in [-0.3, -0.25) is 4.79 Å². The van der Waals surface area contributed by atoms with Crippen molar-refractivity contribution in [2.24, 2.45) is 5.41 Å². The molecule has 0 bridgehead atoms. The van der Waals surface area contributed by atoms with Crippen LogP contribution in [-0.2, 0) is 4.79 Å². The highest BCUT2D eigenvalue weighted by atomic mass is 16.3. The van der Waals surface area contributed by atoms with Crippen LogP contribution >= 0.6 is 0 Å². The van der Waals surface area contributed by atoms with E-state index in [1.54, 1.807) is 0 Å². The number of urea groups is 1. The molecule has 0 saturated carbocycles. The maximum Gasteiger partial charge on any atom is 0.315 e. The van der Waals surface area contributed by atoms with E-state index in [2.05, 4.69) is 31.4 Å². The molecule has 6 nitrogen and oxygen atoms in total. The van der Waals surface area contributed by atoms with E-state index in [0.717, 1.165) is 17.9 Å². The van der Waals surface area contributed by atoms with Crippen LogP contribution in [0, 0.1) is 12.3 Å². The van der Waals surface area contributed by atoms with Crippen LogP contribution in [0.25, 0.3) is 0 Å². The number of likely N-dealkylation sites (tertiary alicyclic amines) is 1. The Morgan fingerprint density at radius 2 is 2.08 bits per heavy atom. The second-order valence-electron chi connectivity index (χ2n) is 7.54. The molecule has 6 heteroatoms. The summed E-state index contributed by atoms with van der Waals surface area (Å²) < 4.78 is 5.71. The van der Waals surface area contributed by atoms with Gasteiger partial charge in [-0.1, -0.05) is 27.7 Å². The number of carbonyl (C=O) groups is 2. The zero-order valence-electron chi connectivity index (χ0n) is 15.3. The second kappa shape index (κ2) is 7.28. The van der Waals surface area contributed by atoms with Crippen LogP contribution in [0.2, 0.25) is 0 Å². The van der Waals surface area contributed by atoms with Gasteiger partial charge in [0.1, 0.15) is 11.5 Å². The minimum Gasteiger partial charge on any atom is -0.464 e. The van der Waals surface area contributed by atoms with Crippen molar-refractivity contribution in [3.8, 4) is 0 Å². The molecular formula is C18H29N3O3. The highest BCUT2D eigenvalue weighted by Gasteiger charge is 2.32. The summed E-state index contributed by atoms with van der Waals surface area (Å²) in [6.07, 6.45) is 1.29. The normalized spacial score (nSPS) is 19.2. The van der Waals surface area contributed by atoms with Crippen molar-refractivity contribution < 1.29 is 14.0 Å². The van der Waals surface area contributed by atoms with E-state index in [-0.39, 0.29) is 29.4 Å². The van der Waals surface area contributed by atoms with Crippen LogP contribution in [0.3, 0.4) is 0 Å². The van der Waals surface area contributed by atoms with E-state index in [9.17, 15) is 9.59 Å². The summed E-state index contributed by atoms with van der Waals surface area (Å²) in [5.41, 5.74) is -0.179. The maximum atomic E-state index is 12.4. The molecular weight excluding hydrogens is 306 g/mol. The summed E-state index contributed by atoms with van der Waals surface area (Å²) in [6, 6.07) is 3.36. The Kier molecular flexibility index (Phi) is 5.57. The number of nitrogens with one attached hydrogen (secondary N) is 2. The van der Waals surface area contributed by atoms with Gasteiger partial charge >= 0.3 is 6.03 Å². The van der Waals surface area contributed by atoms with Crippen LogP contribution in [0.4, 0.5) is 4.79 Å². The summed E-state index contributed by atoms with van der Waals surface area (Å²) in [5, 5.41) is 6.01. The van der Waals surface area contributed by atoms with Gasteiger partial charge in [0.15, 0.2) is 0 Å². The number of carbonyl (C=O) groups excluding carboxylic acids is 2. The van der Waals surface area contributed by atoms with Crippen LogP contribution in [0.5, 0.6) is 0 Å². The predicted molar refractivity (Wildman–Crippen MR) is 92.6 cm³/mol. The number of hydrogen-bond donors (Lipinski definition) is 2. The molecule has 2 rings (SSSR count). The Morgan fingerprint density at radius 1 is 1.38 bits per heavy atom. The first kappa shape index (κ1) is 18.4. The Labute approximate surface area is 144 Å². The molecule has 134 valence electrons. The molecule has 2 atom stereocenters. The largest absolute Gasteiger partial charge is 0.464 e. The third kappa shape index (κ3) is 4.52. The smallest absolute Gasteiger partial charge is 0.315 e. The number of hydrogen-bond acceptors (Lipinski definition) is 3.